The Labute approximate surface area is 108 Å². The van der Waals surface area contributed by atoms with E-state index in [0.29, 0.717) is 19.0 Å². The second-order valence-electron chi connectivity index (χ2n) is 5.40. The number of piperazine rings is 1. The van der Waals surface area contributed by atoms with Crippen LogP contribution < -0.4 is 5.32 Å². The van der Waals surface area contributed by atoms with Crippen molar-refractivity contribution in [2.45, 2.75) is 32.7 Å². The van der Waals surface area contributed by atoms with E-state index in [0.717, 1.165) is 32.5 Å². The van der Waals surface area contributed by atoms with Crippen molar-refractivity contribution in [1.82, 2.24) is 15.1 Å². The monoisotopic (exact) mass is 253 g/mol. The second-order valence-corrected chi connectivity index (χ2v) is 5.40. The van der Waals surface area contributed by atoms with E-state index in [1.165, 1.54) is 0 Å². The number of rotatable bonds is 0. The van der Waals surface area contributed by atoms with Crippen molar-refractivity contribution >= 4 is 11.8 Å². The molecule has 0 bridgehead atoms. The molecule has 18 heavy (non-hydrogen) atoms. The van der Waals surface area contributed by atoms with Gasteiger partial charge in [-0.1, -0.05) is 6.92 Å². The summed E-state index contributed by atoms with van der Waals surface area (Å²) >= 11 is 0. The molecule has 2 saturated heterocycles. The van der Waals surface area contributed by atoms with Crippen molar-refractivity contribution in [1.29, 1.82) is 0 Å². The Balaban J connectivity index is 1.98. The van der Waals surface area contributed by atoms with E-state index in [1.54, 1.807) is 9.80 Å². The Morgan fingerprint density at radius 2 is 1.72 bits per heavy atom. The summed E-state index contributed by atoms with van der Waals surface area (Å²) in [5.74, 6) is -0.146. The first-order valence-corrected chi connectivity index (χ1v) is 6.92. The van der Waals surface area contributed by atoms with Crippen molar-refractivity contribution in [2.75, 3.05) is 32.7 Å². The number of nitrogens with one attached hydrogen (secondary N) is 1. The molecule has 2 fully saturated rings. The van der Waals surface area contributed by atoms with Crippen molar-refractivity contribution < 1.29 is 9.59 Å². The Morgan fingerprint density at radius 1 is 1.06 bits per heavy atom. The molecular formula is C13H23N3O2. The van der Waals surface area contributed by atoms with Gasteiger partial charge in [0.15, 0.2) is 0 Å². The van der Waals surface area contributed by atoms with Gasteiger partial charge in [-0.25, -0.2) is 0 Å². The average molecular weight is 253 g/mol. The van der Waals surface area contributed by atoms with Gasteiger partial charge in [0, 0.05) is 38.8 Å². The maximum atomic E-state index is 12.3. The number of nitrogens with zero attached hydrogens (tertiary/aromatic N) is 2. The lowest BCUT2D eigenvalue weighted by Gasteiger charge is -2.38. The Kier molecular flexibility index (Phi) is 4.22. The van der Waals surface area contributed by atoms with Crippen LogP contribution in [0.5, 0.6) is 0 Å². The van der Waals surface area contributed by atoms with Crippen molar-refractivity contribution in [3.05, 3.63) is 0 Å². The summed E-state index contributed by atoms with van der Waals surface area (Å²) in [5.41, 5.74) is 0. The molecule has 0 aromatic heterocycles. The van der Waals surface area contributed by atoms with Crippen molar-refractivity contribution in [3.8, 4) is 0 Å². The third-order valence-electron chi connectivity index (χ3n) is 4.22. The highest BCUT2D eigenvalue weighted by Gasteiger charge is 2.34. The smallest absolute Gasteiger partial charge is 0.312 e. The van der Waals surface area contributed by atoms with Gasteiger partial charge in [-0.3, -0.25) is 9.59 Å². The molecule has 2 atom stereocenters. The van der Waals surface area contributed by atoms with Crippen LogP contribution in [0.2, 0.25) is 0 Å². The lowest BCUT2D eigenvalue weighted by atomic mass is 9.92. The first-order chi connectivity index (χ1) is 8.61. The SMILES string of the molecule is CC1CCCN(C(=O)C(=O)N2CCNCC2)C1C. The molecule has 2 aliphatic rings. The molecule has 102 valence electrons. The summed E-state index contributed by atoms with van der Waals surface area (Å²) in [7, 11) is 0. The molecule has 0 saturated carbocycles. The van der Waals surface area contributed by atoms with Gasteiger partial charge in [-0.15, -0.1) is 0 Å². The zero-order valence-electron chi connectivity index (χ0n) is 11.3. The van der Waals surface area contributed by atoms with Gasteiger partial charge in [-0.05, 0) is 25.7 Å². The summed E-state index contributed by atoms with van der Waals surface area (Å²) in [5, 5.41) is 3.19. The highest BCUT2D eigenvalue weighted by Crippen LogP contribution is 2.23. The van der Waals surface area contributed by atoms with Crippen LogP contribution in [0.4, 0.5) is 0 Å². The fourth-order valence-corrected chi connectivity index (χ4v) is 2.75. The number of likely N-dealkylation sites (tertiary alicyclic amines) is 1. The minimum absolute atomic E-state index is 0.179. The molecule has 5 heteroatoms. The zero-order chi connectivity index (χ0) is 13.1. The first-order valence-electron chi connectivity index (χ1n) is 6.92. The van der Waals surface area contributed by atoms with Crippen molar-refractivity contribution in [3.63, 3.8) is 0 Å². The van der Waals surface area contributed by atoms with Crippen LogP contribution in [0.3, 0.4) is 0 Å². The summed E-state index contributed by atoms with van der Waals surface area (Å²) < 4.78 is 0. The van der Waals surface area contributed by atoms with Gasteiger partial charge in [0.05, 0.1) is 0 Å². The van der Waals surface area contributed by atoms with Crippen LogP contribution in [-0.2, 0) is 9.59 Å². The molecule has 5 nitrogen and oxygen atoms in total. The quantitative estimate of drug-likeness (QED) is 0.621. The summed E-state index contributed by atoms with van der Waals surface area (Å²) in [6.07, 6.45) is 2.15. The van der Waals surface area contributed by atoms with Crippen LogP contribution in [0.1, 0.15) is 26.7 Å². The molecule has 2 heterocycles. The molecule has 0 aromatic carbocycles. The number of amides is 2. The number of piperidine rings is 1. The lowest BCUT2D eigenvalue weighted by Crippen LogP contribution is -2.55. The van der Waals surface area contributed by atoms with E-state index in [2.05, 4.69) is 12.2 Å². The van der Waals surface area contributed by atoms with Gasteiger partial charge in [0.1, 0.15) is 0 Å². The average Bonchev–Trinajstić information content (AvgIpc) is 2.41. The minimum atomic E-state index is -0.322. The number of carbonyl (C=O) groups excluding carboxylic acids is 2. The van der Waals surface area contributed by atoms with Gasteiger partial charge in [0.25, 0.3) is 0 Å². The molecule has 2 aliphatic heterocycles. The Morgan fingerprint density at radius 3 is 2.39 bits per heavy atom. The number of hydrogen-bond donors (Lipinski definition) is 1. The van der Waals surface area contributed by atoms with Crippen molar-refractivity contribution in [2.24, 2.45) is 5.92 Å². The normalized spacial score (nSPS) is 29.2. The lowest BCUT2D eigenvalue weighted by molar-refractivity contribution is -0.154. The summed E-state index contributed by atoms with van der Waals surface area (Å²) in [6, 6.07) is 0.179. The second kappa shape index (κ2) is 5.69. The zero-order valence-corrected chi connectivity index (χ0v) is 11.3. The number of hydrogen-bond acceptors (Lipinski definition) is 3. The molecule has 0 spiro atoms. The molecule has 2 amide bonds. The van der Waals surface area contributed by atoms with Crippen LogP contribution in [0, 0.1) is 5.92 Å². The van der Waals surface area contributed by atoms with E-state index in [1.807, 2.05) is 6.92 Å². The van der Waals surface area contributed by atoms with E-state index >= 15 is 0 Å². The standard InChI is InChI=1S/C13H23N3O2/c1-10-4-3-7-16(11(10)2)13(18)12(17)15-8-5-14-6-9-15/h10-11,14H,3-9H2,1-2H3. The Bertz CT molecular complexity index is 326. The molecule has 0 radical (unpaired) electrons. The summed E-state index contributed by atoms with van der Waals surface area (Å²) in [6.45, 7) is 7.77. The van der Waals surface area contributed by atoms with E-state index in [4.69, 9.17) is 0 Å². The van der Waals surface area contributed by atoms with Crippen LogP contribution >= 0.6 is 0 Å². The molecular weight excluding hydrogens is 230 g/mol. The highest BCUT2D eigenvalue weighted by molar-refractivity contribution is 6.35. The first kappa shape index (κ1) is 13.3. The van der Waals surface area contributed by atoms with Crippen LogP contribution in [0.25, 0.3) is 0 Å². The molecule has 0 aliphatic carbocycles. The predicted octanol–water partition coefficient (Wildman–Crippen LogP) is 0.0652. The maximum Gasteiger partial charge on any atom is 0.312 e. The third kappa shape index (κ3) is 2.66. The minimum Gasteiger partial charge on any atom is -0.332 e. The van der Waals surface area contributed by atoms with Gasteiger partial charge < -0.3 is 15.1 Å². The summed E-state index contributed by atoms with van der Waals surface area (Å²) in [4.78, 5) is 27.9. The van der Waals surface area contributed by atoms with E-state index in [9.17, 15) is 9.59 Å². The predicted molar refractivity (Wildman–Crippen MR) is 69.0 cm³/mol. The van der Waals surface area contributed by atoms with E-state index < -0.39 is 0 Å². The van der Waals surface area contributed by atoms with Crippen LogP contribution in [0.15, 0.2) is 0 Å². The fourth-order valence-electron chi connectivity index (χ4n) is 2.75. The van der Waals surface area contributed by atoms with Gasteiger partial charge >= 0.3 is 11.8 Å². The van der Waals surface area contributed by atoms with E-state index in [-0.39, 0.29) is 17.9 Å². The fraction of sp³-hybridized carbons (Fsp3) is 0.846. The maximum absolute atomic E-state index is 12.3. The molecule has 0 aromatic rings. The topological polar surface area (TPSA) is 52.7 Å². The van der Waals surface area contributed by atoms with Gasteiger partial charge in [-0.2, -0.15) is 0 Å². The van der Waals surface area contributed by atoms with Gasteiger partial charge in [0.2, 0.25) is 0 Å². The molecule has 1 N–H and O–H groups in total. The highest BCUT2D eigenvalue weighted by atomic mass is 16.2. The molecule has 2 unspecified atom stereocenters. The molecule has 2 rings (SSSR count). The third-order valence-corrected chi connectivity index (χ3v) is 4.22. The Hall–Kier alpha value is -1.10. The largest absolute Gasteiger partial charge is 0.332 e. The van der Waals surface area contributed by atoms with Crippen LogP contribution in [-0.4, -0.2) is 60.4 Å². The number of carbonyl (C=O) groups is 2.